The van der Waals surface area contributed by atoms with E-state index >= 15 is 0 Å². The Bertz CT molecular complexity index is 1460. The van der Waals surface area contributed by atoms with Gasteiger partial charge >= 0.3 is 6.01 Å². The minimum absolute atomic E-state index is 0.00474. The lowest BCUT2D eigenvalue weighted by Crippen LogP contribution is -2.14. The fourth-order valence-electron chi connectivity index (χ4n) is 4.10. The number of furan rings is 1. The van der Waals surface area contributed by atoms with Crippen molar-refractivity contribution in [3.8, 4) is 35.2 Å². The number of ether oxygens (including phenoxy) is 5. The van der Waals surface area contributed by atoms with Gasteiger partial charge < -0.3 is 33.4 Å². The second-order valence-corrected chi connectivity index (χ2v) is 9.06. The summed E-state index contributed by atoms with van der Waals surface area (Å²) in [7, 11) is 2.82. The number of nitrogens with one attached hydrogen (secondary N) is 1. The summed E-state index contributed by atoms with van der Waals surface area (Å²) >= 11 is 0. The Morgan fingerprint density at radius 2 is 1.68 bits per heavy atom. The van der Waals surface area contributed by atoms with Crippen LogP contribution in [0.5, 0.6) is 35.2 Å². The summed E-state index contributed by atoms with van der Waals surface area (Å²) in [5.74, 6) is 0.862. The summed E-state index contributed by atoms with van der Waals surface area (Å²) in [6.45, 7) is 6.53. The first kappa shape index (κ1) is 25.1. The van der Waals surface area contributed by atoms with Gasteiger partial charge in [-0.1, -0.05) is 18.2 Å². The van der Waals surface area contributed by atoms with Crippen molar-refractivity contribution in [3.63, 3.8) is 0 Å². The molecule has 0 radical (unpaired) electrons. The number of hydrogen-bond donors (Lipinski definition) is 1. The van der Waals surface area contributed by atoms with Gasteiger partial charge in [-0.15, -0.1) is 0 Å². The molecule has 0 aliphatic carbocycles. The topological polar surface area (TPSA) is 114 Å². The molecule has 2 aromatic heterocycles. The molecule has 10 nitrogen and oxygen atoms in total. The SMILES string of the molecule is COc1nc(Oc2ccccc2)nc(OC)c1NC(=O)c1ccc(Oc2cc3c(cc2C)COC3(C)C)o1. The Morgan fingerprint density at radius 3 is 2.37 bits per heavy atom. The van der Waals surface area contributed by atoms with Gasteiger partial charge in [-0.2, -0.15) is 9.97 Å². The summed E-state index contributed by atoms with van der Waals surface area (Å²) in [5, 5.41) is 2.69. The maximum Gasteiger partial charge on any atom is 0.328 e. The highest BCUT2D eigenvalue weighted by molar-refractivity contribution is 6.03. The standard InChI is InChI=1S/C28H27N3O7/c1-16-13-17-15-35-28(2,3)19(17)14-21(16)38-22-12-11-20(37-22)24(32)29-23-25(33-4)30-27(31-26(23)34-5)36-18-9-7-6-8-10-18/h6-14H,15H2,1-5H3,(H,29,32). The highest BCUT2D eigenvalue weighted by atomic mass is 16.6. The van der Waals surface area contributed by atoms with Gasteiger partial charge in [-0.25, -0.2) is 0 Å². The van der Waals surface area contributed by atoms with E-state index in [4.69, 9.17) is 28.1 Å². The van der Waals surface area contributed by atoms with Crippen LogP contribution < -0.4 is 24.3 Å². The van der Waals surface area contributed by atoms with Crippen molar-refractivity contribution in [2.75, 3.05) is 19.5 Å². The van der Waals surface area contributed by atoms with Crippen LogP contribution in [0.3, 0.4) is 0 Å². The van der Waals surface area contributed by atoms with Crippen LogP contribution in [0.15, 0.2) is 59.0 Å². The number of aromatic nitrogens is 2. The molecule has 2 aromatic carbocycles. The van der Waals surface area contributed by atoms with Crippen LogP contribution in [-0.4, -0.2) is 30.1 Å². The molecule has 1 aliphatic heterocycles. The third-order valence-corrected chi connectivity index (χ3v) is 6.05. The van der Waals surface area contributed by atoms with Gasteiger partial charge in [0.15, 0.2) is 11.4 Å². The predicted octanol–water partition coefficient (Wildman–Crippen LogP) is 6.00. The molecule has 0 fully saturated rings. The second kappa shape index (κ2) is 10.1. The Balaban J connectivity index is 1.34. The zero-order chi connectivity index (χ0) is 26.9. The zero-order valence-electron chi connectivity index (χ0n) is 21.7. The van der Waals surface area contributed by atoms with E-state index < -0.39 is 11.5 Å². The van der Waals surface area contributed by atoms with Crippen molar-refractivity contribution in [1.82, 2.24) is 9.97 Å². The smallest absolute Gasteiger partial charge is 0.328 e. The van der Waals surface area contributed by atoms with Crippen molar-refractivity contribution in [2.45, 2.75) is 33.0 Å². The van der Waals surface area contributed by atoms with E-state index in [-0.39, 0.29) is 35.2 Å². The monoisotopic (exact) mass is 517 g/mol. The van der Waals surface area contributed by atoms with Crippen LogP contribution in [0.2, 0.25) is 0 Å². The first-order chi connectivity index (χ1) is 18.3. The lowest BCUT2D eigenvalue weighted by Gasteiger charge is -2.19. The maximum atomic E-state index is 13.0. The first-order valence-corrected chi connectivity index (χ1v) is 11.9. The van der Waals surface area contributed by atoms with Gasteiger partial charge in [0.25, 0.3) is 11.9 Å². The third-order valence-electron chi connectivity index (χ3n) is 6.05. The molecule has 4 aromatic rings. The molecule has 5 rings (SSSR count). The molecule has 1 aliphatic rings. The fraction of sp³-hybridized carbons (Fsp3) is 0.250. The molecule has 10 heteroatoms. The summed E-state index contributed by atoms with van der Waals surface area (Å²) in [6.07, 6.45) is 0. The first-order valence-electron chi connectivity index (χ1n) is 11.9. The highest BCUT2D eigenvalue weighted by Crippen LogP contribution is 2.40. The molecule has 1 amide bonds. The van der Waals surface area contributed by atoms with Crippen molar-refractivity contribution < 1.29 is 32.9 Å². The van der Waals surface area contributed by atoms with Gasteiger partial charge in [0, 0.05) is 6.07 Å². The number of methoxy groups -OCH3 is 2. The van der Waals surface area contributed by atoms with E-state index in [2.05, 4.69) is 15.3 Å². The highest BCUT2D eigenvalue weighted by Gasteiger charge is 2.32. The molecule has 0 unspecified atom stereocenters. The summed E-state index contributed by atoms with van der Waals surface area (Å²) in [4.78, 5) is 21.5. The van der Waals surface area contributed by atoms with E-state index in [0.29, 0.717) is 18.1 Å². The van der Waals surface area contributed by atoms with E-state index in [1.807, 2.05) is 51.1 Å². The lowest BCUT2D eigenvalue weighted by molar-refractivity contribution is -0.00795. The maximum absolute atomic E-state index is 13.0. The summed E-state index contributed by atoms with van der Waals surface area (Å²) in [6, 6.07) is 16.1. The molecular formula is C28H27N3O7. The summed E-state index contributed by atoms with van der Waals surface area (Å²) in [5.41, 5.74) is 2.83. The van der Waals surface area contributed by atoms with Crippen LogP contribution in [0.25, 0.3) is 0 Å². The van der Waals surface area contributed by atoms with E-state index in [1.54, 1.807) is 18.2 Å². The number of carbonyl (C=O) groups is 1. The van der Waals surface area contributed by atoms with Gasteiger partial charge in [-0.3, -0.25) is 4.79 Å². The van der Waals surface area contributed by atoms with E-state index in [9.17, 15) is 4.79 Å². The number of hydrogen-bond acceptors (Lipinski definition) is 9. The van der Waals surface area contributed by atoms with Gasteiger partial charge in [0.2, 0.25) is 11.8 Å². The Kier molecular flexibility index (Phi) is 6.64. The van der Waals surface area contributed by atoms with Gasteiger partial charge in [0.1, 0.15) is 11.5 Å². The predicted molar refractivity (Wildman–Crippen MR) is 137 cm³/mol. The largest absolute Gasteiger partial charge is 0.479 e. The quantitative estimate of drug-likeness (QED) is 0.301. The van der Waals surface area contributed by atoms with Crippen LogP contribution >= 0.6 is 0 Å². The number of amides is 1. The van der Waals surface area contributed by atoms with Crippen LogP contribution in [-0.2, 0) is 16.9 Å². The van der Waals surface area contributed by atoms with Crippen LogP contribution in [0, 0.1) is 6.92 Å². The molecular weight excluding hydrogens is 490 g/mol. The lowest BCUT2D eigenvalue weighted by atomic mass is 9.94. The normalized spacial score (nSPS) is 13.5. The van der Waals surface area contributed by atoms with Gasteiger partial charge in [0.05, 0.1) is 26.4 Å². The molecule has 0 bridgehead atoms. The number of benzene rings is 2. The molecule has 0 atom stereocenters. The molecule has 38 heavy (non-hydrogen) atoms. The number of carbonyl (C=O) groups excluding carboxylic acids is 1. The Morgan fingerprint density at radius 1 is 0.974 bits per heavy atom. The molecule has 0 saturated carbocycles. The Labute approximate surface area is 219 Å². The number of anilines is 1. The van der Waals surface area contributed by atoms with E-state index in [1.165, 1.54) is 20.3 Å². The second-order valence-electron chi connectivity index (χ2n) is 9.06. The minimum atomic E-state index is -0.572. The average molecular weight is 518 g/mol. The number of fused-ring (bicyclic) bond motifs is 1. The number of rotatable bonds is 8. The molecule has 0 spiro atoms. The average Bonchev–Trinajstić information content (AvgIpc) is 3.49. The zero-order valence-corrected chi connectivity index (χ0v) is 21.7. The molecule has 1 N–H and O–H groups in total. The van der Waals surface area contributed by atoms with Gasteiger partial charge in [-0.05, 0) is 67.8 Å². The minimum Gasteiger partial charge on any atom is -0.479 e. The number of nitrogens with zero attached hydrogens (tertiary/aromatic N) is 2. The molecule has 196 valence electrons. The third kappa shape index (κ3) is 4.98. The van der Waals surface area contributed by atoms with Crippen molar-refractivity contribution >= 4 is 11.6 Å². The van der Waals surface area contributed by atoms with Crippen molar-refractivity contribution in [3.05, 3.63) is 77.0 Å². The van der Waals surface area contributed by atoms with Crippen molar-refractivity contribution in [1.29, 1.82) is 0 Å². The van der Waals surface area contributed by atoms with Crippen molar-refractivity contribution in [2.24, 2.45) is 0 Å². The Hall–Kier alpha value is -4.57. The van der Waals surface area contributed by atoms with Crippen LogP contribution in [0.1, 0.15) is 41.1 Å². The number of para-hydroxylation sites is 1. The van der Waals surface area contributed by atoms with E-state index in [0.717, 1.165) is 16.7 Å². The molecule has 0 saturated heterocycles. The summed E-state index contributed by atoms with van der Waals surface area (Å²) < 4.78 is 33.9. The fourth-order valence-corrected chi connectivity index (χ4v) is 4.10. The van der Waals surface area contributed by atoms with Crippen LogP contribution in [0.4, 0.5) is 5.69 Å². The number of aryl methyl sites for hydroxylation is 1. The molecule has 3 heterocycles.